The predicted molar refractivity (Wildman–Crippen MR) is 80.5 cm³/mol. The minimum Gasteiger partial charge on any atom is -0.385 e. The third-order valence-electron chi connectivity index (χ3n) is 2.90. The van der Waals surface area contributed by atoms with Crippen LogP contribution in [0.3, 0.4) is 0 Å². The lowest BCUT2D eigenvalue weighted by molar-refractivity contribution is 0.0757. The SMILES string of the molecule is CCNc1ccc(C(=O)N(C)C(C)CSC)cc1. The number of anilines is 1. The van der Waals surface area contributed by atoms with Crippen LogP contribution < -0.4 is 5.32 Å². The van der Waals surface area contributed by atoms with Gasteiger partial charge < -0.3 is 10.2 Å². The Morgan fingerprint density at radius 1 is 1.39 bits per heavy atom. The Balaban J connectivity index is 2.71. The van der Waals surface area contributed by atoms with Crippen LogP contribution in [0.1, 0.15) is 24.2 Å². The fourth-order valence-electron chi connectivity index (χ4n) is 1.69. The Morgan fingerprint density at radius 3 is 2.50 bits per heavy atom. The van der Waals surface area contributed by atoms with Crippen molar-refractivity contribution in [3.63, 3.8) is 0 Å². The number of nitrogens with zero attached hydrogens (tertiary/aromatic N) is 1. The number of carbonyl (C=O) groups excluding carboxylic acids is 1. The normalized spacial score (nSPS) is 12.0. The van der Waals surface area contributed by atoms with E-state index in [1.165, 1.54) is 0 Å². The van der Waals surface area contributed by atoms with E-state index in [2.05, 4.69) is 25.4 Å². The van der Waals surface area contributed by atoms with E-state index >= 15 is 0 Å². The molecule has 3 nitrogen and oxygen atoms in total. The van der Waals surface area contributed by atoms with Crippen LogP contribution in [0.15, 0.2) is 24.3 Å². The Bertz CT molecular complexity index is 378. The number of carbonyl (C=O) groups is 1. The monoisotopic (exact) mass is 266 g/mol. The van der Waals surface area contributed by atoms with E-state index in [9.17, 15) is 4.79 Å². The Kier molecular flexibility index (Phi) is 6.05. The quantitative estimate of drug-likeness (QED) is 0.859. The number of thioether (sulfide) groups is 1. The molecule has 1 N–H and O–H groups in total. The summed E-state index contributed by atoms with van der Waals surface area (Å²) in [6, 6.07) is 7.90. The third kappa shape index (κ3) is 3.95. The summed E-state index contributed by atoms with van der Waals surface area (Å²) in [6.07, 6.45) is 2.06. The van der Waals surface area contributed by atoms with Crippen LogP contribution in [0.2, 0.25) is 0 Å². The molecule has 0 bridgehead atoms. The third-order valence-corrected chi connectivity index (χ3v) is 3.72. The van der Waals surface area contributed by atoms with Crippen molar-refractivity contribution in [1.82, 2.24) is 4.90 Å². The molecule has 0 aliphatic heterocycles. The van der Waals surface area contributed by atoms with Gasteiger partial charge in [0.1, 0.15) is 0 Å². The van der Waals surface area contributed by atoms with Crippen molar-refractivity contribution in [3.05, 3.63) is 29.8 Å². The van der Waals surface area contributed by atoms with Crippen molar-refractivity contribution >= 4 is 23.4 Å². The smallest absolute Gasteiger partial charge is 0.253 e. The van der Waals surface area contributed by atoms with Gasteiger partial charge in [-0.1, -0.05) is 0 Å². The molecular formula is C14H22N2OS. The molecule has 0 spiro atoms. The Morgan fingerprint density at radius 2 is 2.00 bits per heavy atom. The molecule has 1 aromatic rings. The molecule has 100 valence electrons. The van der Waals surface area contributed by atoms with Gasteiger partial charge in [0.05, 0.1) is 0 Å². The van der Waals surface area contributed by atoms with Gasteiger partial charge in [0.2, 0.25) is 0 Å². The fraction of sp³-hybridized carbons (Fsp3) is 0.500. The molecule has 4 heteroatoms. The van der Waals surface area contributed by atoms with Crippen molar-refractivity contribution < 1.29 is 4.79 Å². The van der Waals surface area contributed by atoms with Gasteiger partial charge in [-0.05, 0) is 44.4 Å². The maximum absolute atomic E-state index is 12.2. The lowest BCUT2D eigenvalue weighted by atomic mass is 10.1. The van der Waals surface area contributed by atoms with Crippen LogP contribution in [-0.4, -0.2) is 42.4 Å². The second-order valence-corrected chi connectivity index (χ2v) is 5.24. The summed E-state index contributed by atoms with van der Waals surface area (Å²) in [7, 11) is 1.86. The van der Waals surface area contributed by atoms with Gasteiger partial charge in [-0.15, -0.1) is 0 Å². The van der Waals surface area contributed by atoms with Crippen molar-refractivity contribution in [1.29, 1.82) is 0 Å². The van der Waals surface area contributed by atoms with Gasteiger partial charge in [-0.3, -0.25) is 4.79 Å². The second-order valence-electron chi connectivity index (χ2n) is 4.33. The van der Waals surface area contributed by atoms with Gasteiger partial charge in [-0.2, -0.15) is 11.8 Å². The minimum atomic E-state index is 0.0830. The van der Waals surface area contributed by atoms with Crippen LogP contribution in [0.4, 0.5) is 5.69 Å². The highest BCUT2D eigenvalue weighted by Crippen LogP contribution is 2.13. The van der Waals surface area contributed by atoms with Crippen LogP contribution in [0.25, 0.3) is 0 Å². The molecule has 18 heavy (non-hydrogen) atoms. The van der Waals surface area contributed by atoms with Crippen LogP contribution >= 0.6 is 11.8 Å². The van der Waals surface area contributed by atoms with Gasteiger partial charge in [-0.25, -0.2) is 0 Å². The predicted octanol–water partition coefficient (Wildman–Crippen LogP) is 2.94. The van der Waals surface area contributed by atoms with E-state index in [0.29, 0.717) is 0 Å². The zero-order chi connectivity index (χ0) is 13.5. The number of hydrogen-bond acceptors (Lipinski definition) is 3. The summed E-state index contributed by atoms with van der Waals surface area (Å²) in [4.78, 5) is 14.0. The lowest BCUT2D eigenvalue weighted by Gasteiger charge is -2.24. The summed E-state index contributed by atoms with van der Waals surface area (Å²) < 4.78 is 0. The number of benzene rings is 1. The fourth-order valence-corrected chi connectivity index (χ4v) is 2.40. The highest BCUT2D eigenvalue weighted by molar-refractivity contribution is 7.98. The van der Waals surface area contributed by atoms with E-state index in [0.717, 1.165) is 23.5 Å². The number of amides is 1. The van der Waals surface area contributed by atoms with E-state index in [4.69, 9.17) is 0 Å². The zero-order valence-corrected chi connectivity index (χ0v) is 12.4. The summed E-state index contributed by atoms with van der Waals surface area (Å²) in [5.74, 6) is 1.04. The Hall–Kier alpha value is -1.16. The van der Waals surface area contributed by atoms with E-state index in [1.54, 1.807) is 16.7 Å². The molecule has 0 radical (unpaired) electrons. The summed E-state index contributed by atoms with van der Waals surface area (Å²) in [6.45, 7) is 5.01. The molecule has 1 unspecified atom stereocenters. The molecule has 0 aliphatic rings. The molecule has 0 heterocycles. The van der Waals surface area contributed by atoms with Gasteiger partial charge in [0.25, 0.3) is 5.91 Å². The molecule has 0 saturated heterocycles. The van der Waals surface area contributed by atoms with Crippen molar-refractivity contribution in [2.75, 3.05) is 30.9 Å². The highest BCUT2D eigenvalue weighted by atomic mass is 32.2. The Labute approximate surface area is 114 Å². The molecular weight excluding hydrogens is 244 g/mol. The van der Waals surface area contributed by atoms with Gasteiger partial charge in [0, 0.05) is 36.6 Å². The summed E-state index contributed by atoms with van der Waals surface area (Å²) in [5.41, 5.74) is 1.79. The van der Waals surface area contributed by atoms with Crippen molar-refractivity contribution in [2.24, 2.45) is 0 Å². The molecule has 0 aliphatic carbocycles. The lowest BCUT2D eigenvalue weighted by Crippen LogP contribution is -2.36. The van der Waals surface area contributed by atoms with Crippen LogP contribution in [-0.2, 0) is 0 Å². The maximum atomic E-state index is 12.2. The first-order chi connectivity index (χ1) is 8.60. The van der Waals surface area contributed by atoms with E-state index < -0.39 is 0 Å². The van der Waals surface area contributed by atoms with Gasteiger partial charge >= 0.3 is 0 Å². The molecule has 1 aromatic carbocycles. The van der Waals surface area contributed by atoms with Crippen molar-refractivity contribution in [2.45, 2.75) is 19.9 Å². The van der Waals surface area contributed by atoms with Gasteiger partial charge in [0.15, 0.2) is 0 Å². The molecule has 1 rings (SSSR count). The van der Waals surface area contributed by atoms with Crippen LogP contribution in [0.5, 0.6) is 0 Å². The molecule has 0 saturated carbocycles. The summed E-state index contributed by atoms with van der Waals surface area (Å²) >= 11 is 1.76. The average molecular weight is 266 g/mol. The average Bonchev–Trinajstić information content (AvgIpc) is 2.38. The van der Waals surface area contributed by atoms with E-state index in [1.807, 2.05) is 31.3 Å². The largest absolute Gasteiger partial charge is 0.385 e. The van der Waals surface area contributed by atoms with Crippen molar-refractivity contribution in [3.8, 4) is 0 Å². The first kappa shape index (κ1) is 14.9. The highest BCUT2D eigenvalue weighted by Gasteiger charge is 2.16. The second kappa shape index (κ2) is 7.31. The zero-order valence-electron chi connectivity index (χ0n) is 11.6. The summed E-state index contributed by atoms with van der Waals surface area (Å²) in [5, 5.41) is 3.22. The first-order valence-electron chi connectivity index (χ1n) is 6.20. The number of rotatable bonds is 6. The topological polar surface area (TPSA) is 32.3 Å². The first-order valence-corrected chi connectivity index (χ1v) is 7.59. The number of hydrogen-bond donors (Lipinski definition) is 1. The number of nitrogens with one attached hydrogen (secondary N) is 1. The maximum Gasteiger partial charge on any atom is 0.253 e. The molecule has 0 fully saturated rings. The van der Waals surface area contributed by atoms with Crippen LogP contribution in [0, 0.1) is 0 Å². The molecule has 1 amide bonds. The standard InChI is InChI=1S/C14H22N2OS/c1-5-15-13-8-6-12(7-9-13)14(17)16(3)11(2)10-18-4/h6-9,11,15H,5,10H2,1-4H3. The van der Waals surface area contributed by atoms with E-state index in [-0.39, 0.29) is 11.9 Å². The molecule has 1 atom stereocenters. The molecule has 0 aromatic heterocycles. The minimum absolute atomic E-state index is 0.0830.